The van der Waals surface area contributed by atoms with Crippen molar-refractivity contribution in [3.63, 3.8) is 0 Å². The summed E-state index contributed by atoms with van der Waals surface area (Å²) in [4.78, 5) is 4.12. The van der Waals surface area contributed by atoms with E-state index in [1.54, 1.807) is 0 Å². The van der Waals surface area contributed by atoms with E-state index in [4.69, 9.17) is 5.73 Å². The number of nitrogens with two attached hydrogens (primary N) is 1. The van der Waals surface area contributed by atoms with Crippen molar-refractivity contribution in [2.75, 3.05) is 5.73 Å². The van der Waals surface area contributed by atoms with E-state index in [1.165, 1.54) is 6.07 Å². The zero-order chi connectivity index (χ0) is 12.4. The van der Waals surface area contributed by atoms with E-state index >= 15 is 0 Å². The van der Waals surface area contributed by atoms with Crippen LogP contribution in [0, 0.1) is 11.6 Å². The van der Waals surface area contributed by atoms with Gasteiger partial charge < -0.3 is 5.73 Å². The first-order valence-electron chi connectivity index (χ1n) is 5.28. The smallest absolute Gasteiger partial charge is 0.184 e. The van der Waals surface area contributed by atoms with Crippen molar-refractivity contribution < 1.29 is 8.78 Å². The molecule has 17 heavy (non-hydrogen) atoms. The minimum Gasteiger partial charge on any atom is -0.396 e. The molecule has 0 spiro atoms. The average Bonchev–Trinajstić information content (AvgIpc) is 2.72. The predicted molar refractivity (Wildman–Crippen MR) is 60.1 cm³/mol. The van der Waals surface area contributed by atoms with E-state index < -0.39 is 11.6 Å². The van der Waals surface area contributed by atoms with Crippen LogP contribution in [0.25, 0.3) is 11.4 Å². The second-order valence-corrected chi connectivity index (χ2v) is 3.71. The number of aromatic amines is 1. The van der Waals surface area contributed by atoms with Crippen molar-refractivity contribution in [1.29, 1.82) is 0 Å². The molecule has 0 aliphatic rings. The van der Waals surface area contributed by atoms with Crippen molar-refractivity contribution in [2.24, 2.45) is 0 Å². The Morgan fingerprint density at radius 3 is 2.76 bits per heavy atom. The van der Waals surface area contributed by atoms with Gasteiger partial charge in [-0.3, -0.25) is 5.10 Å². The quantitative estimate of drug-likeness (QED) is 0.806. The highest BCUT2D eigenvalue weighted by atomic mass is 19.1. The fourth-order valence-corrected chi connectivity index (χ4v) is 1.50. The van der Waals surface area contributed by atoms with Crippen LogP contribution in [0.1, 0.15) is 19.2 Å². The lowest BCUT2D eigenvalue weighted by molar-refractivity contribution is 0.588. The van der Waals surface area contributed by atoms with Gasteiger partial charge in [-0.05, 0) is 12.5 Å². The number of benzene rings is 1. The van der Waals surface area contributed by atoms with Crippen molar-refractivity contribution in [2.45, 2.75) is 19.8 Å². The van der Waals surface area contributed by atoms with Gasteiger partial charge in [-0.1, -0.05) is 6.92 Å². The summed E-state index contributed by atoms with van der Waals surface area (Å²) in [6, 6.07) is 1.93. The Balaban J connectivity index is 2.41. The van der Waals surface area contributed by atoms with Gasteiger partial charge in [0.2, 0.25) is 0 Å². The van der Waals surface area contributed by atoms with E-state index in [1.807, 2.05) is 6.92 Å². The molecule has 0 saturated carbocycles. The number of hydrogen-bond acceptors (Lipinski definition) is 3. The standard InChI is InChI=1S/C11H12F2N4/c1-2-3-10-15-11(17-16-10)6-4-9(14)8(13)5-7(6)12/h4-5H,2-3,14H2,1H3,(H,15,16,17). The van der Waals surface area contributed by atoms with Crippen molar-refractivity contribution in [3.05, 3.63) is 29.6 Å². The number of nitrogens with zero attached hydrogens (tertiary/aromatic N) is 2. The van der Waals surface area contributed by atoms with Crippen molar-refractivity contribution in [1.82, 2.24) is 15.2 Å². The molecule has 0 amide bonds. The minimum atomic E-state index is -0.782. The van der Waals surface area contributed by atoms with E-state index in [0.29, 0.717) is 5.82 Å². The van der Waals surface area contributed by atoms with E-state index in [2.05, 4.69) is 15.2 Å². The Morgan fingerprint density at radius 1 is 1.29 bits per heavy atom. The summed E-state index contributed by atoms with van der Waals surface area (Å²) in [5, 5.41) is 6.59. The average molecular weight is 238 g/mol. The first kappa shape index (κ1) is 11.5. The van der Waals surface area contributed by atoms with Gasteiger partial charge in [0.25, 0.3) is 0 Å². The number of halogens is 2. The molecule has 3 N–H and O–H groups in total. The second-order valence-electron chi connectivity index (χ2n) is 3.71. The molecule has 4 nitrogen and oxygen atoms in total. The zero-order valence-electron chi connectivity index (χ0n) is 9.30. The van der Waals surface area contributed by atoms with Gasteiger partial charge in [-0.25, -0.2) is 13.8 Å². The number of aromatic nitrogens is 3. The number of rotatable bonds is 3. The molecule has 6 heteroatoms. The summed E-state index contributed by atoms with van der Waals surface area (Å²) in [7, 11) is 0. The van der Waals surface area contributed by atoms with Gasteiger partial charge in [-0.15, -0.1) is 0 Å². The van der Waals surface area contributed by atoms with Crippen LogP contribution in [0.2, 0.25) is 0 Å². The summed E-state index contributed by atoms with van der Waals surface area (Å²) in [5.41, 5.74) is 5.36. The summed E-state index contributed by atoms with van der Waals surface area (Å²) >= 11 is 0. The Labute approximate surface area is 96.9 Å². The van der Waals surface area contributed by atoms with E-state index in [0.717, 1.165) is 18.9 Å². The number of hydrogen-bond donors (Lipinski definition) is 2. The van der Waals surface area contributed by atoms with Crippen molar-refractivity contribution in [3.8, 4) is 11.4 Å². The van der Waals surface area contributed by atoms with Crippen LogP contribution in [0.4, 0.5) is 14.5 Å². The lowest BCUT2D eigenvalue weighted by atomic mass is 10.1. The molecule has 0 atom stereocenters. The molecule has 0 saturated heterocycles. The minimum absolute atomic E-state index is 0.0995. The second kappa shape index (κ2) is 4.48. The Bertz CT molecular complexity index is 536. The van der Waals surface area contributed by atoms with Crippen LogP contribution in [0.15, 0.2) is 12.1 Å². The molecule has 2 rings (SSSR count). The third kappa shape index (κ3) is 2.25. The topological polar surface area (TPSA) is 67.6 Å². The van der Waals surface area contributed by atoms with Crippen LogP contribution >= 0.6 is 0 Å². The summed E-state index contributed by atoms with van der Waals surface area (Å²) < 4.78 is 26.5. The molecule has 1 heterocycles. The molecule has 0 aliphatic carbocycles. The fraction of sp³-hybridized carbons (Fsp3) is 0.273. The molecule has 2 aromatic rings. The molecular formula is C11H12F2N4. The molecule has 1 aromatic carbocycles. The van der Waals surface area contributed by atoms with Crippen LogP contribution in [-0.4, -0.2) is 15.2 Å². The van der Waals surface area contributed by atoms with Gasteiger partial charge in [0.1, 0.15) is 17.5 Å². The summed E-state index contributed by atoms with van der Waals surface area (Å²) in [6.45, 7) is 2.00. The fourth-order valence-electron chi connectivity index (χ4n) is 1.50. The highest BCUT2D eigenvalue weighted by Crippen LogP contribution is 2.24. The lowest BCUT2D eigenvalue weighted by Crippen LogP contribution is -1.95. The lowest BCUT2D eigenvalue weighted by Gasteiger charge is -2.01. The van der Waals surface area contributed by atoms with Crippen LogP contribution < -0.4 is 5.73 Å². The molecule has 0 bridgehead atoms. The van der Waals surface area contributed by atoms with Gasteiger partial charge in [0.15, 0.2) is 5.82 Å². The largest absolute Gasteiger partial charge is 0.396 e. The predicted octanol–water partition coefficient (Wildman–Crippen LogP) is 2.28. The van der Waals surface area contributed by atoms with E-state index in [-0.39, 0.29) is 17.1 Å². The van der Waals surface area contributed by atoms with Crippen LogP contribution in [0.5, 0.6) is 0 Å². The van der Waals surface area contributed by atoms with Gasteiger partial charge in [0.05, 0.1) is 11.3 Å². The molecule has 90 valence electrons. The Hall–Kier alpha value is -1.98. The van der Waals surface area contributed by atoms with Gasteiger partial charge in [-0.2, -0.15) is 5.10 Å². The maximum atomic E-state index is 13.5. The molecule has 1 aromatic heterocycles. The zero-order valence-corrected chi connectivity index (χ0v) is 9.30. The molecule has 0 fully saturated rings. The summed E-state index contributed by atoms with van der Waals surface area (Å²) in [6.07, 6.45) is 1.63. The first-order chi connectivity index (χ1) is 8.11. The van der Waals surface area contributed by atoms with E-state index in [9.17, 15) is 8.78 Å². The highest BCUT2D eigenvalue weighted by Gasteiger charge is 2.13. The summed E-state index contributed by atoms with van der Waals surface area (Å²) in [5.74, 6) is -0.642. The third-order valence-electron chi connectivity index (χ3n) is 2.35. The van der Waals surface area contributed by atoms with Gasteiger partial charge >= 0.3 is 0 Å². The third-order valence-corrected chi connectivity index (χ3v) is 2.35. The highest BCUT2D eigenvalue weighted by molar-refractivity contribution is 5.62. The number of aryl methyl sites for hydroxylation is 1. The Morgan fingerprint density at radius 2 is 2.06 bits per heavy atom. The number of nitrogen functional groups attached to an aromatic ring is 1. The molecular weight excluding hydrogens is 226 g/mol. The first-order valence-corrected chi connectivity index (χ1v) is 5.28. The SMILES string of the molecule is CCCc1nc(-c2cc(N)c(F)cc2F)n[nH]1. The number of H-pyrrole nitrogens is 1. The maximum Gasteiger partial charge on any atom is 0.184 e. The molecule has 0 unspecified atom stereocenters. The van der Waals surface area contributed by atoms with Crippen LogP contribution in [0.3, 0.4) is 0 Å². The molecule has 0 aliphatic heterocycles. The Kier molecular flexibility index (Phi) is 3.03. The maximum absolute atomic E-state index is 13.5. The number of anilines is 1. The van der Waals surface area contributed by atoms with Gasteiger partial charge in [0, 0.05) is 12.5 Å². The normalized spacial score (nSPS) is 10.8. The number of nitrogens with one attached hydrogen (secondary N) is 1. The monoisotopic (exact) mass is 238 g/mol. The van der Waals surface area contributed by atoms with Crippen LogP contribution in [-0.2, 0) is 6.42 Å². The molecule has 0 radical (unpaired) electrons. The van der Waals surface area contributed by atoms with Crippen molar-refractivity contribution >= 4 is 5.69 Å².